The van der Waals surface area contributed by atoms with E-state index in [-0.39, 0.29) is 0 Å². The molecule has 32 heavy (non-hydrogen) atoms. The monoisotopic (exact) mass is 434 g/mol. The average molecular weight is 434 g/mol. The molecule has 1 aliphatic carbocycles. The number of aromatic nitrogens is 1. The van der Waals surface area contributed by atoms with Gasteiger partial charge in [-0.25, -0.2) is 4.79 Å². The maximum absolute atomic E-state index is 13.0. The van der Waals surface area contributed by atoms with Crippen LogP contribution in [0.1, 0.15) is 41.9 Å². The SMILES string of the molecule is CCOc1ccc(OCC)c(NC(=O)COC(=O)c2c3c(nc4ccccc24)CCC3)c1. The molecule has 0 aliphatic heterocycles. The van der Waals surface area contributed by atoms with E-state index in [9.17, 15) is 9.59 Å². The van der Waals surface area contributed by atoms with Crippen LogP contribution in [0, 0.1) is 0 Å². The number of amides is 1. The minimum Gasteiger partial charge on any atom is -0.494 e. The molecule has 0 radical (unpaired) electrons. The van der Waals surface area contributed by atoms with Crippen LogP contribution in [0.15, 0.2) is 42.5 Å². The second-order valence-corrected chi connectivity index (χ2v) is 7.43. The van der Waals surface area contributed by atoms with Gasteiger partial charge in [-0.3, -0.25) is 9.78 Å². The van der Waals surface area contributed by atoms with Gasteiger partial charge in [-0.2, -0.15) is 0 Å². The largest absolute Gasteiger partial charge is 0.494 e. The van der Waals surface area contributed by atoms with Crippen molar-refractivity contribution in [1.29, 1.82) is 0 Å². The van der Waals surface area contributed by atoms with E-state index < -0.39 is 18.5 Å². The van der Waals surface area contributed by atoms with E-state index in [2.05, 4.69) is 10.3 Å². The predicted molar refractivity (Wildman–Crippen MR) is 121 cm³/mol. The van der Waals surface area contributed by atoms with Crippen molar-refractivity contribution in [3.05, 3.63) is 59.3 Å². The van der Waals surface area contributed by atoms with Crippen molar-refractivity contribution in [2.24, 2.45) is 0 Å². The molecule has 2 aromatic carbocycles. The average Bonchev–Trinajstić information content (AvgIpc) is 3.26. The first-order chi connectivity index (χ1) is 15.6. The van der Waals surface area contributed by atoms with Gasteiger partial charge in [0.25, 0.3) is 5.91 Å². The molecule has 1 heterocycles. The Morgan fingerprint density at radius 2 is 1.84 bits per heavy atom. The standard InChI is InChI=1S/C25H26N2O5/c1-3-30-16-12-13-22(31-4-2)21(14-16)27-23(28)15-32-25(29)24-17-8-5-6-10-19(17)26-20-11-7-9-18(20)24/h5-6,8,10,12-14H,3-4,7,9,11,15H2,1-2H3,(H,27,28). The minimum absolute atomic E-state index is 0.408. The van der Waals surface area contributed by atoms with E-state index in [1.54, 1.807) is 18.2 Å². The molecule has 0 fully saturated rings. The van der Waals surface area contributed by atoms with Crippen LogP contribution >= 0.6 is 0 Å². The quantitative estimate of drug-likeness (QED) is 0.532. The number of carbonyl (C=O) groups excluding carboxylic acids is 2. The molecule has 1 aliphatic rings. The highest BCUT2D eigenvalue weighted by molar-refractivity contribution is 6.06. The molecular formula is C25H26N2O5. The lowest BCUT2D eigenvalue weighted by atomic mass is 10.0. The Kier molecular flexibility index (Phi) is 6.54. The van der Waals surface area contributed by atoms with E-state index in [0.29, 0.717) is 36.0 Å². The van der Waals surface area contributed by atoms with Gasteiger partial charge < -0.3 is 19.5 Å². The highest BCUT2D eigenvalue weighted by Gasteiger charge is 2.25. The maximum Gasteiger partial charge on any atom is 0.339 e. The molecule has 3 aromatic rings. The van der Waals surface area contributed by atoms with Crippen LogP contribution in [-0.4, -0.2) is 36.7 Å². The molecular weight excluding hydrogens is 408 g/mol. The number of pyridine rings is 1. The molecule has 0 bridgehead atoms. The molecule has 1 N–H and O–H groups in total. The first-order valence-corrected chi connectivity index (χ1v) is 10.9. The summed E-state index contributed by atoms with van der Waals surface area (Å²) >= 11 is 0. The number of benzene rings is 2. The summed E-state index contributed by atoms with van der Waals surface area (Å²) in [5.74, 6) is 0.170. The van der Waals surface area contributed by atoms with Crippen molar-refractivity contribution in [3.8, 4) is 11.5 Å². The van der Waals surface area contributed by atoms with Gasteiger partial charge in [0.05, 0.1) is 30.0 Å². The topological polar surface area (TPSA) is 86.8 Å². The van der Waals surface area contributed by atoms with Gasteiger partial charge in [-0.15, -0.1) is 0 Å². The fourth-order valence-corrected chi connectivity index (χ4v) is 3.98. The number of ether oxygens (including phenoxy) is 3. The van der Waals surface area contributed by atoms with Crippen LogP contribution in [0.25, 0.3) is 10.9 Å². The van der Waals surface area contributed by atoms with E-state index >= 15 is 0 Å². The fourth-order valence-electron chi connectivity index (χ4n) is 3.98. The lowest BCUT2D eigenvalue weighted by Gasteiger charge is -2.14. The van der Waals surface area contributed by atoms with Gasteiger partial charge in [0, 0.05) is 17.1 Å². The molecule has 0 saturated carbocycles. The smallest absolute Gasteiger partial charge is 0.339 e. The van der Waals surface area contributed by atoms with Crippen LogP contribution in [0.5, 0.6) is 11.5 Å². The summed E-state index contributed by atoms with van der Waals surface area (Å²) < 4.78 is 16.5. The highest BCUT2D eigenvalue weighted by Crippen LogP contribution is 2.31. The Labute approximate surface area is 186 Å². The van der Waals surface area contributed by atoms with Crippen molar-refractivity contribution in [1.82, 2.24) is 4.98 Å². The number of carbonyl (C=O) groups is 2. The zero-order valence-electron chi connectivity index (χ0n) is 18.3. The first kappa shape index (κ1) is 21.6. The van der Waals surface area contributed by atoms with Gasteiger partial charge in [0.15, 0.2) is 6.61 Å². The first-order valence-electron chi connectivity index (χ1n) is 10.9. The van der Waals surface area contributed by atoms with Crippen LogP contribution in [0.4, 0.5) is 5.69 Å². The zero-order valence-corrected chi connectivity index (χ0v) is 18.3. The Morgan fingerprint density at radius 1 is 1.03 bits per heavy atom. The van der Waals surface area contributed by atoms with Crippen LogP contribution < -0.4 is 14.8 Å². The molecule has 0 spiro atoms. The summed E-state index contributed by atoms with van der Waals surface area (Å²) in [7, 11) is 0. The zero-order chi connectivity index (χ0) is 22.5. The number of nitrogens with zero attached hydrogens (tertiary/aromatic N) is 1. The maximum atomic E-state index is 13.0. The third kappa shape index (κ3) is 4.51. The summed E-state index contributed by atoms with van der Waals surface area (Å²) in [4.78, 5) is 30.3. The van der Waals surface area contributed by atoms with Crippen molar-refractivity contribution >= 4 is 28.5 Å². The number of rotatable bonds is 8. The van der Waals surface area contributed by atoms with Crippen LogP contribution in [-0.2, 0) is 22.4 Å². The Bertz CT molecular complexity index is 1160. The van der Waals surface area contributed by atoms with Gasteiger partial charge in [-0.1, -0.05) is 18.2 Å². The number of nitrogens with one attached hydrogen (secondary N) is 1. The Morgan fingerprint density at radius 3 is 2.66 bits per heavy atom. The summed E-state index contributed by atoms with van der Waals surface area (Å²) in [5.41, 5.74) is 3.61. The number of anilines is 1. The summed E-state index contributed by atoms with van der Waals surface area (Å²) in [6, 6.07) is 12.7. The number of hydrogen-bond donors (Lipinski definition) is 1. The molecule has 4 rings (SSSR count). The normalized spacial score (nSPS) is 12.3. The summed E-state index contributed by atoms with van der Waals surface area (Å²) in [6.45, 7) is 4.29. The van der Waals surface area contributed by atoms with Crippen molar-refractivity contribution in [3.63, 3.8) is 0 Å². The predicted octanol–water partition coefficient (Wildman–Crippen LogP) is 4.32. The molecule has 0 unspecified atom stereocenters. The number of hydrogen-bond acceptors (Lipinski definition) is 6. The molecule has 1 amide bonds. The Balaban J connectivity index is 1.50. The van der Waals surface area contributed by atoms with Gasteiger partial charge >= 0.3 is 5.97 Å². The third-order valence-corrected chi connectivity index (χ3v) is 5.29. The molecule has 166 valence electrons. The molecule has 0 atom stereocenters. The lowest BCUT2D eigenvalue weighted by molar-refractivity contribution is -0.119. The van der Waals surface area contributed by atoms with Crippen molar-refractivity contribution < 1.29 is 23.8 Å². The van der Waals surface area contributed by atoms with Crippen LogP contribution in [0.2, 0.25) is 0 Å². The van der Waals surface area contributed by atoms with Crippen molar-refractivity contribution in [2.45, 2.75) is 33.1 Å². The number of aryl methyl sites for hydroxylation is 1. The van der Waals surface area contributed by atoms with E-state index in [1.807, 2.05) is 38.1 Å². The lowest BCUT2D eigenvalue weighted by Crippen LogP contribution is -2.22. The summed E-state index contributed by atoms with van der Waals surface area (Å²) in [5, 5.41) is 3.51. The molecule has 7 nitrogen and oxygen atoms in total. The Hall–Kier alpha value is -3.61. The van der Waals surface area contributed by atoms with Crippen LogP contribution in [0.3, 0.4) is 0 Å². The second-order valence-electron chi connectivity index (χ2n) is 7.43. The van der Waals surface area contributed by atoms with E-state index in [0.717, 1.165) is 41.4 Å². The second kappa shape index (κ2) is 9.68. The van der Waals surface area contributed by atoms with Crippen molar-refractivity contribution in [2.75, 3.05) is 25.1 Å². The van der Waals surface area contributed by atoms with E-state index in [4.69, 9.17) is 14.2 Å². The molecule has 1 aromatic heterocycles. The van der Waals surface area contributed by atoms with Gasteiger partial charge in [0.2, 0.25) is 0 Å². The number of fused-ring (bicyclic) bond motifs is 2. The highest BCUT2D eigenvalue weighted by atomic mass is 16.5. The summed E-state index contributed by atoms with van der Waals surface area (Å²) in [6.07, 6.45) is 2.58. The number of para-hydroxylation sites is 1. The van der Waals surface area contributed by atoms with Gasteiger partial charge in [-0.05, 0) is 56.9 Å². The molecule has 7 heteroatoms. The van der Waals surface area contributed by atoms with E-state index in [1.165, 1.54) is 0 Å². The fraction of sp³-hybridized carbons (Fsp3) is 0.320. The molecule has 0 saturated heterocycles. The number of esters is 1. The third-order valence-electron chi connectivity index (χ3n) is 5.29. The van der Waals surface area contributed by atoms with Gasteiger partial charge in [0.1, 0.15) is 11.5 Å². The minimum atomic E-state index is -0.509.